The number of likely N-dealkylation sites (tertiary alicyclic amines) is 1. The van der Waals surface area contributed by atoms with Gasteiger partial charge in [0.15, 0.2) is 0 Å². The monoisotopic (exact) mass is 407 g/mol. The zero-order valence-corrected chi connectivity index (χ0v) is 17.4. The predicted octanol–water partition coefficient (Wildman–Crippen LogP) is 2.03. The summed E-state index contributed by atoms with van der Waals surface area (Å²) in [5.41, 5.74) is 2.61. The van der Waals surface area contributed by atoms with Crippen LogP contribution in [0.1, 0.15) is 19.3 Å². The highest BCUT2D eigenvalue weighted by Gasteiger charge is 2.34. The van der Waals surface area contributed by atoms with Gasteiger partial charge in [-0.25, -0.2) is 0 Å². The lowest BCUT2D eigenvalue weighted by Crippen LogP contribution is -2.42. The van der Waals surface area contributed by atoms with Gasteiger partial charge in [0.05, 0.1) is 0 Å². The lowest BCUT2D eigenvalue weighted by Gasteiger charge is -2.31. The van der Waals surface area contributed by atoms with Crippen molar-refractivity contribution < 1.29 is 4.79 Å². The Bertz CT molecular complexity index is 952. The van der Waals surface area contributed by atoms with E-state index in [1.165, 1.54) is 12.8 Å². The van der Waals surface area contributed by atoms with Crippen molar-refractivity contribution in [2.75, 3.05) is 38.1 Å². The van der Waals surface area contributed by atoms with Crippen LogP contribution in [0.25, 0.3) is 11.1 Å². The highest BCUT2D eigenvalue weighted by Crippen LogP contribution is 2.33. The first kappa shape index (κ1) is 20.3. The fourth-order valence-corrected chi connectivity index (χ4v) is 4.00. The average Bonchev–Trinajstić information content (AvgIpc) is 3.46. The molecule has 0 unspecified atom stereocenters. The largest absolute Gasteiger partial charge is 0.362 e. The number of likely N-dealkylation sites (N-methyl/N-ethyl adjacent to an activating group) is 1. The second-order valence-corrected chi connectivity index (χ2v) is 8.12. The summed E-state index contributed by atoms with van der Waals surface area (Å²) in [6.45, 7) is 2.91. The minimum absolute atomic E-state index is 0.0403. The smallest absolute Gasteiger partial charge is 0.271 e. The van der Waals surface area contributed by atoms with Gasteiger partial charge in [0, 0.05) is 62.5 Å². The molecule has 2 fully saturated rings. The molecule has 1 aliphatic carbocycles. The average molecular weight is 408 g/mol. The van der Waals surface area contributed by atoms with E-state index in [9.17, 15) is 9.59 Å². The van der Waals surface area contributed by atoms with Crippen molar-refractivity contribution in [2.24, 2.45) is 5.92 Å². The van der Waals surface area contributed by atoms with E-state index in [4.69, 9.17) is 0 Å². The number of carbonyl (C=O) groups excluding carboxylic acids is 1. The van der Waals surface area contributed by atoms with Gasteiger partial charge < -0.3 is 20.1 Å². The fraction of sp³-hybridized carbons (Fsp3) is 0.435. The van der Waals surface area contributed by atoms with E-state index in [0.717, 1.165) is 30.6 Å². The number of hydrogen-bond donors (Lipinski definition) is 2. The molecule has 1 amide bonds. The van der Waals surface area contributed by atoms with Crippen molar-refractivity contribution in [1.29, 1.82) is 0 Å². The second-order valence-electron chi connectivity index (χ2n) is 8.12. The SMILES string of the molecule is CNC/C=C/C(=O)N1CC[C@H](N(CC2CC2)c2cc(-c3ccncc3)c[nH]c2=O)C1. The van der Waals surface area contributed by atoms with Crippen LogP contribution in [0.2, 0.25) is 0 Å². The van der Waals surface area contributed by atoms with Gasteiger partial charge in [-0.15, -0.1) is 0 Å². The first-order valence-corrected chi connectivity index (χ1v) is 10.7. The number of carbonyl (C=O) groups is 1. The standard InChI is InChI=1S/C23H29N5O2/c1-24-9-2-3-22(29)27-12-8-20(16-27)28(15-17-4-5-17)21-13-19(14-26-23(21)30)18-6-10-25-11-7-18/h2-3,6-7,10-11,13-14,17,20,24H,4-5,8-9,12,15-16H2,1H3,(H,26,30)/b3-2+/t20-/m0/s1. The van der Waals surface area contributed by atoms with E-state index < -0.39 is 0 Å². The molecule has 7 heteroatoms. The number of aromatic nitrogens is 2. The Morgan fingerprint density at radius 2 is 2.10 bits per heavy atom. The van der Waals surface area contributed by atoms with Crippen LogP contribution in [0.5, 0.6) is 0 Å². The van der Waals surface area contributed by atoms with Crippen molar-refractivity contribution in [3.63, 3.8) is 0 Å². The lowest BCUT2D eigenvalue weighted by atomic mass is 10.1. The van der Waals surface area contributed by atoms with Crippen LogP contribution in [-0.2, 0) is 4.79 Å². The molecule has 1 atom stereocenters. The Balaban J connectivity index is 1.56. The topological polar surface area (TPSA) is 81.3 Å². The van der Waals surface area contributed by atoms with Crippen molar-refractivity contribution in [2.45, 2.75) is 25.3 Å². The highest BCUT2D eigenvalue weighted by molar-refractivity contribution is 5.88. The van der Waals surface area contributed by atoms with Crippen LogP contribution in [0, 0.1) is 5.92 Å². The number of anilines is 1. The van der Waals surface area contributed by atoms with E-state index in [-0.39, 0.29) is 17.5 Å². The minimum Gasteiger partial charge on any atom is -0.362 e. The molecule has 4 rings (SSSR count). The van der Waals surface area contributed by atoms with Gasteiger partial charge in [0.1, 0.15) is 5.69 Å². The van der Waals surface area contributed by atoms with Crippen LogP contribution in [-0.4, -0.2) is 60.0 Å². The van der Waals surface area contributed by atoms with Crippen LogP contribution >= 0.6 is 0 Å². The van der Waals surface area contributed by atoms with Gasteiger partial charge in [-0.3, -0.25) is 14.6 Å². The molecule has 1 saturated heterocycles. The zero-order valence-electron chi connectivity index (χ0n) is 17.4. The van der Waals surface area contributed by atoms with E-state index in [0.29, 0.717) is 24.7 Å². The Kier molecular flexibility index (Phi) is 6.28. The van der Waals surface area contributed by atoms with E-state index in [1.54, 1.807) is 24.7 Å². The first-order chi connectivity index (χ1) is 14.7. The molecule has 3 heterocycles. The van der Waals surface area contributed by atoms with Gasteiger partial charge in [0.25, 0.3) is 5.56 Å². The summed E-state index contributed by atoms with van der Waals surface area (Å²) < 4.78 is 0. The van der Waals surface area contributed by atoms with Crippen LogP contribution in [0.15, 0.2) is 53.7 Å². The Morgan fingerprint density at radius 3 is 2.83 bits per heavy atom. The van der Waals surface area contributed by atoms with E-state index >= 15 is 0 Å². The number of nitrogens with one attached hydrogen (secondary N) is 2. The number of nitrogens with zero attached hydrogens (tertiary/aromatic N) is 3. The molecule has 2 aromatic heterocycles. The quantitative estimate of drug-likeness (QED) is 0.655. The molecule has 2 aromatic rings. The van der Waals surface area contributed by atoms with Crippen molar-refractivity contribution in [3.05, 3.63) is 59.3 Å². The van der Waals surface area contributed by atoms with Crippen molar-refractivity contribution >= 4 is 11.6 Å². The third-order valence-corrected chi connectivity index (χ3v) is 5.86. The Labute approximate surface area is 176 Å². The van der Waals surface area contributed by atoms with Crippen LogP contribution in [0.4, 0.5) is 5.69 Å². The highest BCUT2D eigenvalue weighted by atomic mass is 16.2. The molecule has 0 bridgehead atoms. The normalized spacial score (nSPS) is 18.8. The maximum Gasteiger partial charge on any atom is 0.271 e. The minimum atomic E-state index is -0.0767. The van der Waals surface area contributed by atoms with Crippen molar-refractivity contribution in [1.82, 2.24) is 20.2 Å². The number of hydrogen-bond acceptors (Lipinski definition) is 5. The lowest BCUT2D eigenvalue weighted by molar-refractivity contribution is -0.125. The molecule has 30 heavy (non-hydrogen) atoms. The summed E-state index contributed by atoms with van der Waals surface area (Å²) in [6, 6.07) is 6.01. The molecule has 1 saturated carbocycles. The van der Waals surface area contributed by atoms with Gasteiger partial charge in [-0.2, -0.15) is 0 Å². The second kappa shape index (κ2) is 9.26. The number of amides is 1. The van der Waals surface area contributed by atoms with Crippen molar-refractivity contribution in [3.8, 4) is 11.1 Å². The third kappa shape index (κ3) is 4.79. The molecule has 7 nitrogen and oxygen atoms in total. The van der Waals surface area contributed by atoms with E-state index in [2.05, 4.69) is 20.2 Å². The summed E-state index contributed by atoms with van der Waals surface area (Å²) in [7, 11) is 1.86. The number of H-pyrrole nitrogens is 1. The fourth-order valence-electron chi connectivity index (χ4n) is 4.00. The number of rotatable bonds is 8. The summed E-state index contributed by atoms with van der Waals surface area (Å²) in [6.07, 6.45) is 12.0. The summed E-state index contributed by atoms with van der Waals surface area (Å²) in [5.74, 6) is 0.674. The summed E-state index contributed by atoms with van der Waals surface area (Å²) in [5, 5.41) is 3.01. The molecule has 2 N–H and O–H groups in total. The van der Waals surface area contributed by atoms with Crippen LogP contribution < -0.4 is 15.8 Å². The molecule has 0 radical (unpaired) electrons. The predicted molar refractivity (Wildman–Crippen MR) is 118 cm³/mol. The molecule has 0 aromatic carbocycles. The van der Waals surface area contributed by atoms with Crippen LogP contribution in [0.3, 0.4) is 0 Å². The summed E-state index contributed by atoms with van der Waals surface area (Å²) in [4.78, 5) is 36.4. The molecule has 1 aliphatic heterocycles. The number of pyridine rings is 2. The molecule has 2 aliphatic rings. The molecular formula is C23H29N5O2. The first-order valence-electron chi connectivity index (χ1n) is 10.7. The van der Waals surface area contributed by atoms with Gasteiger partial charge in [-0.1, -0.05) is 6.08 Å². The third-order valence-electron chi connectivity index (χ3n) is 5.86. The Hall–Kier alpha value is -2.93. The Morgan fingerprint density at radius 1 is 1.30 bits per heavy atom. The molecule has 158 valence electrons. The van der Waals surface area contributed by atoms with Gasteiger partial charge >= 0.3 is 0 Å². The molecular weight excluding hydrogens is 378 g/mol. The number of aromatic amines is 1. The van der Waals surface area contributed by atoms with Gasteiger partial charge in [0.2, 0.25) is 5.91 Å². The molecule has 0 spiro atoms. The maximum absolute atomic E-state index is 12.8. The summed E-state index contributed by atoms with van der Waals surface area (Å²) >= 11 is 0. The van der Waals surface area contributed by atoms with E-state index in [1.807, 2.05) is 36.2 Å². The zero-order chi connectivity index (χ0) is 20.9. The maximum atomic E-state index is 12.8. The van der Waals surface area contributed by atoms with Gasteiger partial charge in [-0.05, 0) is 56.0 Å².